The van der Waals surface area contributed by atoms with Crippen molar-refractivity contribution in [2.24, 2.45) is 5.92 Å². The molecule has 0 aliphatic rings. The zero-order chi connectivity index (χ0) is 21.2. The topological polar surface area (TPSA) is 64.0 Å². The molecule has 0 saturated heterocycles. The van der Waals surface area contributed by atoms with Gasteiger partial charge >= 0.3 is 0 Å². The fourth-order valence-corrected chi connectivity index (χ4v) is 4.43. The molecule has 0 fully saturated rings. The average molecular weight is 473 g/mol. The largest absolute Gasteiger partial charge is 0.265 e. The number of nitrogens with zero attached hydrogens (tertiary/aromatic N) is 2. The molecule has 0 unspecified atom stereocenters. The number of nitrogens with one attached hydrogen (secondary N) is 1. The lowest BCUT2D eigenvalue weighted by atomic mass is 10.0. The van der Waals surface area contributed by atoms with E-state index >= 15 is 0 Å². The molecule has 1 aromatic heterocycles. The maximum Gasteiger partial charge on any atom is 0.263 e. The first-order valence-electron chi connectivity index (χ1n) is 8.92. The number of hydrogen-bond donors (Lipinski definition) is 1. The predicted octanol–water partition coefficient (Wildman–Crippen LogP) is 5.89. The molecule has 0 saturated carbocycles. The summed E-state index contributed by atoms with van der Waals surface area (Å²) in [6.45, 7) is 4.59. The van der Waals surface area contributed by atoms with Gasteiger partial charge in [0.25, 0.3) is 10.0 Å². The maximum atomic E-state index is 12.7. The molecule has 0 amide bonds. The molecule has 0 bridgehead atoms. The normalized spacial score (nSPS) is 11.8. The predicted molar refractivity (Wildman–Crippen MR) is 119 cm³/mol. The van der Waals surface area contributed by atoms with Gasteiger partial charge in [0.15, 0.2) is 5.82 Å². The van der Waals surface area contributed by atoms with E-state index in [2.05, 4.69) is 23.7 Å². The molecule has 3 rings (SSSR count). The first kappa shape index (κ1) is 22.0. The van der Waals surface area contributed by atoms with Gasteiger partial charge in [-0.25, -0.2) is 8.42 Å². The lowest BCUT2D eigenvalue weighted by Crippen LogP contribution is -2.14. The van der Waals surface area contributed by atoms with Gasteiger partial charge in [-0.05, 0) is 47.7 Å². The van der Waals surface area contributed by atoms with E-state index in [0.29, 0.717) is 22.5 Å². The van der Waals surface area contributed by atoms with Crippen molar-refractivity contribution in [2.45, 2.75) is 31.7 Å². The highest BCUT2D eigenvalue weighted by molar-refractivity contribution is 7.92. The highest BCUT2D eigenvalue weighted by Gasteiger charge is 2.18. The zero-order valence-electron chi connectivity index (χ0n) is 15.9. The van der Waals surface area contributed by atoms with Gasteiger partial charge in [-0.2, -0.15) is 5.10 Å². The molecular formula is C20H20Cl3N3O2S. The molecule has 154 valence electrons. The summed E-state index contributed by atoms with van der Waals surface area (Å²) >= 11 is 18.1. The van der Waals surface area contributed by atoms with Crippen LogP contribution in [0.4, 0.5) is 5.82 Å². The van der Waals surface area contributed by atoms with Gasteiger partial charge in [0, 0.05) is 6.20 Å². The number of benzene rings is 2. The van der Waals surface area contributed by atoms with E-state index in [0.717, 1.165) is 17.5 Å². The second kappa shape index (κ2) is 8.96. The standard InChI is InChI=1S/C20H20Cl3N3O2S/c1-13(2)9-14-3-6-16(7-4-14)29(27,28)25-20-19(23)12-26(24-20)11-15-5-8-17(21)18(22)10-15/h3-8,10,12-13H,9,11H2,1-2H3,(H,24,25). The SMILES string of the molecule is CC(C)Cc1ccc(S(=O)(=O)Nc2nn(Cc3ccc(Cl)c(Cl)c3)cc2Cl)cc1. The molecule has 29 heavy (non-hydrogen) atoms. The van der Waals surface area contributed by atoms with Crippen LogP contribution >= 0.6 is 34.8 Å². The molecule has 0 aliphatic carbocycles. The molecule has 5 nitrogen and oxygen atoms in total. The Morgan fingerprint density at radius 1 is 0.966 bits per heavy atom. The lowest BCUT2D eigenvalue weighted by Gasteiger charge is -2.08. The van der Waals surface area contributed by atoms with E-state index in [-0.39, 0.29) is 15.7 Å². The minimum absolute atomic E-state index is 0.0676. The van der Waals surface area contributed by atoms with Crippen LogP contribution < -0.4 is 4.72 Å². The van der Waals surface area contributed by atoms with Crippen molar-refractivity contribution in [3.8, 4) is 0 Å². The maximum absolute atomic E-state index is 12.7. The van der Waals surface area contributed by atoms with Crippen molar-refractivity contribution in [3.63, 3.8) is 0 Å². The van der Waals surface area contributed by atoms with Crippen LogP contribution in [0, 0.1) is 5.92 Å². The quantitative estimate of drug-likeness (QED) is 0.466. The number of halogens is 3. The Morgan fingerprint density at radius 3 is 2.24 bits per heavy atom. The fraction of sp³-hybridized carbons (Fsp3) is 0.250. The first-order valence-corrected chi connectivity index (χ1v) is 11.5. The van der Waals surface area contributed by atoms with Gasteiger partial charge in [-0.3, -0.25) is 9.40 Å². The van der Waals surface area contributed by atoms with Crippen LogP contribution in [0.25, 0.3) is 0 Å². The van der Waals surface area contributed by atoms with Crippen LogP contribution in [0.1, 0.15) is 25.0 Å². The van der Waals surface area contributed by atoms with Crippen molar-refractivity contribution in [3.05, 3.63) is 74.9 Å². The van der Waals surface area contributed by atoms with Crippen molar-refractivity contribution in [1.29, 1.82) is 0 Å². The van der Waals surface area contributed by atoms with Crippen molar-refractivity contribution < 1.29 is 8.42 Å². The van der Waals surface area contributed by atoms with Crippen LogP contribution in [0.3, 0.4) is 0 Å². The third-order valence-corrected chi connectivity index (χ3v) is 6.52. The van der Waals surface area contributed by atoms with Crippen LogP contribution in [0.5, 0.6) is 0 Å². The summed E-state index contributed by atoms with van der Waals surface area (Å²) in [7, 11) is -3.80. The zero-order valence-corrected chi connectivity index (χ0v) is 18.9. The summed E-state index contributed by atoms with van der Waals surface area (Å²) in [6, 6.07) is 12.0. The van der Waals surface area contributed by atoms with Crippen LogP contribution in [-0.4, -0.2) is 18.2 Å². The summed E-state index contributed by atoms with van der Waals surface area (Å²) in [5.74, 6) is 0.562. The van der Waals surface area contributed by atoms with E-state index in [9.17, 15) is 8.42 Å². The summed E-state index contributed by atoms with van der Waals surface area (Å²) in [5, 5.41) is 5.34. The van der Waals surface area contributed by atoms with Crippen LogP contribution in [-0.2, 0) is 23.0 Å². The molecule has 9 heteroatoms. The average Bonchev–Trinajstić information content (AvgIpc) is 2.96. The van der Waals surface area contributed by atoms with E-state index in [4.69, 9.17) is 34.8 Å². The molecule has 0 aliphatic heterocycles. The number of sulfonamides is 1. The Bertz CT molecular complexity index is 1110. The van der Waals surface area contributed by atoms with E-state index in [1.165, 1.54) is 4.68 Å². The van der Waals surface area contributed by atoms with Gasteiger partial charge < -0.3 is 0 Å². The Morgan fingerprint density at radius 2 is 1.62 bits per heavy atom. The Kier molecular flexibility index (Phi) is 6.79. The second-order valence-electron chi connectivity index (χ2n) is 7.12. The molecule has 1 N–H and O–H groups in total. The fourth-order valence-electron chi connectivity index (χ4n) is 2.83. The van der Waals surface area contributed by atoms with Gasteiger partial charge in [0.2, 0.25) is 0 Å². The van der Waals surface area contributed by atoms with Crippen molar-refractivity contribution in [1.82, 2.24) is 9.78 Å². The van der Waals surface area contributed by atoms with Gasteiger partial charge in [-0.15, -0.1) is 0 Å². The second-order valence-corrected chi connectivity index (χ2v) is 10.0. The van der Waals surface area contributed by atoms with E-state index < -0.39 is 10.0 Å². The number of anilines is 1. The highest BCUT2D eigenvalue weighted by Crippen LogP contribution is 2.26. The lowest BCUT2D eigenvalue weighted by molar-refractivity contribution is 0.600. The molecule has 0 radical (unpaired) electrons. The van der Waals surface area contributed by atoms with Crippen LogP contribution in [0.15, 0.2) is 53.6 Å². The monoisotopic (exact) mass is 471 g/mol. The summed E-state index contributed by atoms with van der Waals surface area (Å²) < 4.78 is 29.4. The molecule has 1 heterocycles. The van der Waals surface area contributed by atoms with Gasteiger partial charge in [0.1, 0.15) is 5.02 Å². The number of aromatic nitrogens is 2. The Balaban J connectivity index is 1.76. The molecule has 0 spiro atoms. The summed E-state index contributed by atoms with van der Waals surface area (Å²) in [6.07, 6.45) is 2.44. The minimum atomic E-state index is -3.80. The molecular weight excluding hydrogens is 453 g/mol. The summed E-state index contributed by atoms with van der Waals surface area (Å²) in [4.78, 5) is 0.153. The molecule has 3 aromatic rings. The third kappa shape index (κ3) is 5.66. The van der Waals surface area contributed by atoms with Gasteiger partial charge in [-0.1, -0.05) is 66.8 Å². The highest BCUT2D eigenvalue weighted by atomic mass is 35.5. The molecule has 0 atom stereocenters. The number of rotatable bonds is 7. The Labute approximate surface area is 185 Å². The minimum Gasteiger partial charge on any atom is -0.265 e. The van der Waals surface area contributed by atoms with E-state index in [1.54, 1.807) is 30.5 Å². The van der Waals surface area contributed by atoms with Crippen LogP contribution in [0.2, 0.25) is 15.1 Å². The number of hydrogen-bond acceptors (Lipinski definition) is 3. The Hall–Kier alpha value is -1.73. The third-order valence-electron chi connectivity index (χ3n) is 4.15. The van der Waals surface area contributed by atoms with Crippen molar-refractivity contribution >= 4 is 50.6 Å². The smallest absolute Gasteiger partial charge is 0.263 e. The first-order chi connectivity index (χ1) is 13.6. The van der Waals surface area contributed by atoms with Gasteiger partial charge in [0.05, 0.1) is 21.5 Å². The molecule has 2 aromatic carbocycles. The summed E-state index contributed by atoms with van der Waals surface area (Å²) in [5.41, 5.74) is 1.94. The van der Waals surface area contributed by atoms with E-state index in [1.807, 2.05) is 18.2 Å². The van der Waals surface area contributed by atoms with Crippen molar-refractivity contribution in [2.75, 3.05) is 4.72 Å².